The van der Waals surface area contributed by atoms with Gasteiger partial charge in [-0.1, -0.05) is 48.3 Å². The fraction of sp³-hybridized carbons (Fsp3) is 0.312. The van der Waals surface area contributed by atoms with Gasteiger partial charge in [0.2, 0.25) is 0 Å². The first-order valence-corrected chi connectivity index (χ1v) is 9.37. The number of benzene rings is 1. The van der Waals surface area contributed by atoms with Gasteiger partial charge in [0.25, 0.3) is 0 Å². The molecule has 0 aliphatic carbocycles. The predicted octanol–water partition coefficient (Wildman–Crippen LogP) is 4.66. The zero-order chi connectivity index (χ0) is 17.1. The first kappa shape index (κ1) is 17.3. The number of anilines is 1. The molecule has 0 aliphatic rings. The highest BCUT2D eigenvalue weighted by atomic mass is 35.5. The number of rotatable bonds is 6. The summed E-state index contributed by atoms with van der Waals surface area (Å²) in [5.41, 5.74) is 8.25. The number of aromatic nitrogens is 4. The van der Waals surface area contributed by atoms with Crippen LogP contribution in [0.25, 0.3) is 11.2 Å². The number of nitrogens with two attached hydrogens (primary N) is 1. The van der Waals surface area contributed by atoms with E-state index in [4.69, 9.17) is 28.9 Å². The maximum absolute atomic E-state index is 6.26. The van der Waals surface area contributed by atoms with E-state index < -0.39 is 0 Å². The molecule has 0 spiro atoms. The van der Waals surface area contributed by atoms with Crippen LogP contribution >= 0.6 is 35.0 Å². The Bertz CT molecular complexity index is 865. The molecule has 1 aromatic carbocycles. The summed E-state index contributed by atoms with van der Waals surface area (Å²) in [6, 6.07) is 5.40. The number of hydrogen-bond donors (Lipinski definition) is 1. The van der Waals surface area contributed by atoms with Crippen molar-refractivity contribution in [3.8, 4) is 0 Å². The van der Waals surface area contributed by atoms with Gasteiger partial charge in [0, 0.05) is 15.8 Å². The Kier molecular flexibility index (Phi) is 5.48. The van der Waals surface area contributed by atoms with Gasteiger partial charge in [-0.2, -0.15) is 0 Å². The lowest BCUT2D eigenvalue weighted by molar-refractivity contribution is 0.804. The summed E-state index contributed by atoms with van der Waals surface area (Å²) in [5, 5.41) is 1.97. The van der Waals surface area contributed by atoms with Crippen molar-refractivity contribution in [2.75, 3.05) is 11.5 Å². The van der Waals surface area contributed by atoms with E-state index in [1.54, 1.807) is 30.2 Å². The summed E-state index contributed by atoms with van der Waals surface area (Å²) in [5.74, 6) is 1.37. The number of unbranched alkanes of at least 4 members (excludes halogenated alkanes) is 1. The van der Waals surface area contributed by atoms with E-state index in [2.05, 4.69) is 21.9 Å². The largest absolute Gasteiger partial charge is 0.382 e. The Morgan fingerprint density at radius 1 is 1.25 bits per heavy atom. The molecule has 0 bridgehead atoms. The maximum Gasteiger partial charge on any atom is 0.191 e. The van der Waals surface area contributed by atoms with Crippen LogP contribution in [0.3, 0.4) is 0 Å². The molecular weight excluding hydrogens is 365 g/mol. The third-order valence-corrected chi connectivity index (χ3v) is 5.09. The Hall–Kier alpha value is -1.50. The van der Waals surface area contributed by atoms with Crippen molar-refractivity contribution in [3.63, 3.8) is 0 Å². The van der Waals surface area contributed by atoms with Crippen LogP contribution in [0.4, 0.5) is 5.82 Å². The van der Waals surface area contributed by atoms with E-state index in [9.17, 15) is 0 Å². The van der Waals surface area contributed by atoms with Gasteiger partial charge in [-0.15, -0.1) is 0 Å². The van der Waals surface area contributed by atoms with E-state index in [1.807, 2.05) is 10.6 Å². The van der Waals surface area contributed by atoms with Crippen molar-refractivity contribution in [1.82, 2.24) is 19.5 Å². The quantitative estimate of drug-likeness (QED) is 0.382. The summed E-state index contributed by atoms with van der Waals surface area (Å²) < 4.78 is 1.91. The van der Waals surface area contributed by atoms with Crippen LogP contribution in [0.5, 0.6) is 0 Å². The normalized spacial score (nSPS) is 11.3. The fourth-order valence-electron chi connectivity index (χ4n) is 2.28. The first-order valence-electron chi connectivity index (χ1n) is 7.63. The molecule has 0 amide bonds. The Labute approximate surface area is 154 Å². The molecule has 3 rings (SSSR count). The minimum Gasteiger partial charge on any atom is -0.382 e. The molecule has 0 unspecified atom stereocenters. The van der Waals surface area contributed by atoms with E-state index >= 15 is 0 Å². The number of thioether (sulfide) groups is 1. The highest BCUT2D eigenvalue weighted by Crippen LogP contribution is 2.25. The lowest BCUT2D eigenvalue weighted by Crippen LogP contribution is -2.03. The molecule has 2 heterocycles. The number of nitrogens with zero attached hydrogens (tertiary/aromatic N) is 4. The molecule has 0 fully saturated rings. The summed E-state index contributed by atoms with van der Waals surface area (Å²) in [7, 11) is 0. The highest BCUT2D eigenvalue weighted by Gasteiger charge is 2.13. The van der Waals surface area contributed by atoms with E-state index in [1.165, 1.54) is 0 Å². The third-order valence-electron chi connectivity index (χ3n) is 3.55. The van der Waals surface area contributed by atoms with Crippen LogP contribution in [0.1, 0.15) is 25.3 Å². The molecule has 0 saturated carbocycles. The SMILES string of the molecule is CCCCSc1nc(N)c2ncn(Cc3cc(Cl)ccc3Cl)c2n1. The number of imidazole rings is 1. The Balaban J connectivity index is 1.94. The molecule has 2 aromatic heterocycles. The number of fused-ring (bicyclic) bond motifs is 1. The van der Waals surface area contributed by atoms with Crippen molar-refractivity contribution < 1.29 is 0 Å². The summed E-state index contributed by atoms with van der Waals surface area (Å²) in [6.07, 6.45) is 3.95. The third kappa shape index (κ3) is 3.77. The van der Waals surface area contributed by atoms with E-state index in [0.717, 1.165) is 24.2 Å². The van der Waals surface area contributed by atoms with E-state index in [-0.39, 0.29) is 0 Å². The number of halogens is 2. The average molecular weight is 382 g/mol. The van der Waals surface area contributed by atoms with Crippen molar-refractivity contribution in [2.24, 2.45) is 0 Å². The van der Waals surface area contributed by atoms with Crippen molar-refractivity contribution in [1.29, 1.82) is 0 Å². The molecule has 5 nitrogen and oxygen atoms in total. The van der Waals surface area contributed by atoms with Gasteiger partial charge in [-0.05, 0) is 30.2 Å². The number of nitrogen functional groups attached to an aromatic ring is 1. The minimum absolute atomic E-state index is 0.398. The molecular formula is C16H17Cl2N5S. The van der Waals surface area contributed by atoms with Crippen LogP contribution < -0.4 is 5.73 Å². The van der Waals surface area contributed by atoms with Gasteiger partial charge in [0.05, 0.1) is 12.9 Å². The molecule has 8 heteroatoms. The summed E-state index contributed by atoms with van der Waals surface area (Å²) in [6.45, 7) is 2.67. The second kappa shape index (κ2) is 7.59. The van der Waals surface area contributed by atoms with Gasteiger partial charge in [-0.25, -0.2) is 15.0 Å². The first-order chi connectivity index (χ1) is 11.6. The van der Waals surface area contributed by atoms with Crippen LogP contribution in [0.15, 0.2) is 29.7 Å². The maximum atomic E-state index is 6.26. The Morgan fingerprint density at radius 3 is 2.88 bits per heavy atom. The van der Waals surface area contributed by atoms with Crippen LogP contribution in [0, 0.1) is 0 Å². The van der Waals surface area contributed by atoms with Crippen molar-refractivity contribution in [3.05, 3.63) is 40.1 Å². The second-order valence-electron chi connectivity index (χ2n) is 5.37. The molecule has 0 saturated heterocycles. The monoisotopic (exact) mass is 381 g/mol. The molecule has 0 radical (unpaired) electrons. The molecule has 126 valence electrons. The Morgan fingerprint density at radius 2 is 2.08 bits per heavy atom. The molecule has 0 atom stereocenters. The number of hydrogen-bond acceptors (Lipinski definition) is 5. The fourth-order valence-corrected chi connectivity index (χ4v) is 3.58. The van der Waals surface area contributed by atoms with Crippen LogP contribution in [0.2, 0.25) is 10.0 Å². The van der Waals surface area contributed by atoms with Gasteiger partial charge in [0.1, 0.15) is 5.52 Å². The molecule has 24 heavy (non-hydrogen) atoms. The predicted molar refractivity (Wildman–Crippen MR) is 101 cm³/mol. The smallest absolute Gasteiger partial charge is 0.191 e. The lowest BCUT2D eigenvalue weighted by atomic mass is 10.2. The second-order valence-corrected chi connectivity index (χ2v) is 7.28. The standard InChI is InChI=1S/C16H17Cl2N5S/c1-2-3-6-24-16-21-14(19)13-15(22-16)23(9-20-13)8-10-7-11(17)4-5-12(10)18/h4-5,7,9H,2-3,6,8H2,1H3,(H2,19,21,22). The molecule has 2 N–H and O–H groups in total. The van der Waals surface area contributed by atoms with Crippen molar-refractivity contribution >= 4 is 51.9 Å². The molecule has 3 aromatic rings. The highest BCUT2D eigenvalue weighted by molar-refractivity contribution is 7.99. The van der Waals surface area contributed by atoms with Gasteiger partial charge in [-0.3, -0.25) is 0 Å². The summed E-state index contributed by atoms with van der Waals surface area (Å²) in [4.78, 5) is 13.3. The summed E-state index contributed by atoms with van der Waals surface area (Å²) >= 11 is 13.9. The minimum atomic E-state index is 0.398. The van der Waals surface area contributed by atoms with Gasteiger partial charge in [0.15, 0.2) is 16.6 Å². The topological polar surface area (TPSA) is 69.6 Å². The molecule has 0 aliphatic heterocycles. The van der Waals surface area contributed by atoms with Crippen LogP contribution in [-0.2, 0) is 6.54 Å². The average Bonchev–Trinajstić information content (AvgIpc) is 2.95. The lowest BCUT2D eigenvalue weighted by Gasteiger charge is -2.08. The van der Waals surface area contributed by atoms with E-state index in [0.29, 0.717) is 38.7 Å². The van der Waals surface area contributed by atoms with Crippen molar-refractivity contribution in [2.45, 2.75) is 31.5 Å². The zero-order valence-electron chi connectivity index (χ0n) is 13.2. The van der Waals surface area contributed by atoms with Crippen LogP contribution in [-0.4, -0.2) is 25.3 Å². The van der Waals surface area contributed by atoms with Gasteiger partial charge >= 0.3 is 0 Å². The van der Waals surface area contributed by atoms with Gasteiger partial charge < -0.3 is 10.3 Å². The zero-order valence-corrected chi connectivity index (χ0v) is 15.5.